The number of benzene rings is 1. The molecule has 0 aliphatic rings. The monoisotopic (exact) mass is 199 g/mol. The van der Waals surface area contributed by atoms with Gasteiger partial charge in [-0.1, -0.05) is 26.0 Å². The van der Waals surface area contributed by atoms with E-state index in [0.29, 0.717) is 11.6 Å². The van der Waals surface area contributed by atoms with Crippen molar-refractivity contribution in [3.63, 3.8) is 0 Å². The molecule has 0 aliphatic heterocycles. The summed E-state index contributed by atoms with van der Waals surface area (Å²) < 4.78 is 23.0. The van der Waals surface area contributed by atoms with E-state index in [2.05, 4.69) is 18.6 Å². The molecule has 0 bridgehead atoms. The van der Waals surface area contributed by atoms with Crippen molar-refractivity contribution in [2.24, 2.45) is 0 Å². The molecule has 0 spiro atoms. The molecule has 1 N–H and O–H groups in total. The van der Waals surface area contributed by atoms with Crippen molar-refractivity contribution in [3.8, 4) is 0 Å². The van der Waals surface area contributed by atoms with Gasteiger partial charge < -0.3 is 0 Å². The first-order valence-corrected chi connectivity index (χ1v) is 5.28. The van der Waals surface area contributed by atoms with E-state index in [9.17, 15) is 8.42 Å². The quantitative estimate of drug-likeness (QED) is 0.728. The van der Waals surface area contributed by atoms with E-state index in [0.717, 1.165) is 0 Å². The van der Waals surface area contributed by atoms with Crippen LogP contribution in [-0.4, -0.2) is 8.42 Å². The molecule has 13 heavy (non-hydrogen) atoms. The Morgan fingerprint density at radius 3 is 2.08 bits per heavy atom. The summed E-state index contributed by atoms with van der Waals surface area (Å²) >= 11 is 0. The molecule has 3 nitrogen and oxygen atoms in total. The van der Waals surface area contributed by atoms with Gasteiger partial charge in [-0.05, 0) is 23.6 Å². The minimum absolute atomic E-state index is 0.468. The summed E-state index contributed by atoms with van der Waals surface area (Å²) in [6, 6.07) is 7.37. The highest BCUT2D eigenvalue weighted by Crippen LogP contribution is 2.16. The number of hydrogen-bond acceptors (Lipinski definition) is 2. The predicted octanol–water partition coefficient (Wildman–Crippen LogP) is 1.75. The first kappa shape index (κ1) is 10.1. The van der Waals surface area contributed by atoms with E-state index < -0.39 is 10.9 Å². The fourth-order valence-electron chi connectivity index (χ4n) is 1.05. The first-order chi connectivity index (χ1) is 6.09. The highest BCUT2D eigenvalue weighted by molar-refractivity contribution is 7.73. The zero-order valence-electron chi connectivity index (χ0n) is 7.65. The summed E-state index contributed by atoms with van der Waals surface area (Å²) in [6.07, 6.45) is 0. The van der Waals surface area contributed by atoms with Gasteiger partial charge in [0, 0.05) is 5.69 Å². The third kappa shape index (κ3) is 3.06. The molecule has 0 saturated carbocycles. The van der Waals surface area contributed by atoms with Crippen LogP contribution >= 0.6 is 0 Å². The number of rotatable bonds is 3. The average Bonchev–Trinajstić information content (AvgIpc) is 2.04. The molecule has 0 atom stereocenters. The molecule has 0 fully saturated rings. The lowest BCUT2D eigenvalue weighted by molar-refractivity contribution is 0.619. The van der Waals surface area contributed by atoms with Gasteiger partial charge in [0.15, 0.2) is 0 Å². The van der Waals surface area contributed by atoms with E-state index in [1.165, 1.54) is 5.56 Å². The van der Waals surface area contributed by atoms with Crippen molar-refractivity contribution in [2.45, 2.75) is 19.8 Å². The Labute approximate surface area is 79.9 Å². The Bertz CT molecular complexity index is 333. The Hall–Kier alpha value is -1.03. The fourth-order valence-corrected chi connectivity index (χ4v) is 1.41. The third-order valence-corrected chi connectivity index (χ3v) is 2.24. The minimum atomic E-state index is -2.55. The van der Waals surface area contributed by atoms with E-state index in [1.807, 2.05) is 12.1 Å². The molecule has 1 aromatic rings. The van der Waals surface area contributed by atoms with E-state index in [1.54, 1.807) is 12.1 Å². The molecule has 72 valence electrons. The summed E-state index contributed by atoms with van der Waals surface area (Å²) in [6.45, 7) is 4.19. The number of hydrogen-bond donors (Lipinski definition) is 2. The lowest BCUT2D eigenvalue weighted by Crippen LogP contribution is -1.95. The predicted molar refractivity (Wildman–Crippen MR) is 54.5 cm³/mol. The number of anilines is 1. The Kier molecular flexibility index (Phi) is 3.31. The molecule has 0 aromatic heterocycles. The van der Waals surface area contributed by atoms with Gasteiger partial charge in [-0.15, -0.1) is 0 Å². The Morgan fingerprint density at radius 2 is 1.69 bits per heavy atom. The smallest absolute Gasteiger partial charge is 0.222 e. The van der Waals surface area contributed by atoms with Crippen LogP contribution in [0.1, 0.15) is 25.3 Å². The van der Waals surface area contributed by atoms with Gasteiger partial charge in [-0.2, -0.15) is 0 Å². The van der Waals surface area contributed by atoms with Gasteiger partial charge >= 0.3 is 0 Å². The summed E-state index contributed by atoms with van der Waals surface area (Å²) in [5.41, 5.74) is 1.81. The summed E-state index contributed by atoms with van der Waals surface area (Å²) in [4.78, 5) is 0. The molecule has 0 amide bonds. The van der Waals surface area contributed by atoms with Crippen LogP contribution in [-0.2, 0) is 10.9 Å². The lowest BCUT2D eigenvalue weighted by atomic mass is 10.0. The van der Waals surface area contributed by atoms with Crippen molar-refractivity contribution in [2.75, 3.05) is 4.72 Å². The second-order valence-corrected chi connectivity index (χ2v) is 3.88. The topological polar surface area (TPSA) is 46.2 Å². The Morgan fingerprint density at radius 1 is 1.15 bits per heavy atom. The first-order valence-electron chi connectivity index (χ1n) is 4.10. The van der Waals surface area contributed by atoms with Crippen LogP contribution in [0.4, 0.5) is 5.69 Å². The zero-order chi connectivity index (χ0) is 9.84. The maximum Gasteiger partial charge on any atom is 0.222 e. The van der Waals surface area contributed by atoms with Crippen LogP contribution in [0.25, 0.3) is 0 Å². The normalized spacial score (nSPS) is 10.8. The van der Waals surface area contributed by atoms with Crippen LogP contribution in [0.3, 0.4) is 0 Å². The van der Waals surface area contributed by atoms with Crippen LogP contribution < -0.4 is 4.72 Å². The largest absolute Gasteiger partial charge is 0.286 e. The highest BCUT2D eigenvalue weighted by Gasteiger charge is 1.98. The van der Waals surface area contributed by atoms with Crippen LogP contribution in [0.5, 0.6) is 0 Å². The summed E-state index contributed by atoms with van der Waals surface area (Å²) in [7, 11) is -2.55. The number of nitrogens with one attached hydrogen (secondary N) is 1. The molecular weight excluding hydrogens is 186 g/mol. The number of thiol groups is 1. The second-order valence-electron chi connectivity index (χ2n) is 3.15. The SMILES string of the molecule is CC(C)c1ccc(N[SH](=O)=O)cc1. The molecule has 0 aliphatic carbocycles. The lowest BCUT2D eigenvalue weighted by Gasteiger charge is -2.05. The zero-order valence-corrected chi connectivity index (χ0v) is 8.54. The molecule has 1 rings (SSSR count). The van der Waals surface area contributed by atoms with E-state index >= 15 is 0 Å². The Balaban J connectivity index is 2.81. The van der Waals surface area contributed by atoms with E-state index in [-0.39, 0.29) is 0 Å². The summed E-state index contributed by atoms with van der Waals surface area (Å²) in [5, 5.41) is 0. The molecule has 0 saturated heterocycles. The van der Waals surface area contributed by atoms with E-state index in [4.69, 9.17) is 0 Å². The van der Waals surface area contributed by atoms with Crippen molar-refractivity contribution in [1.82, 2.24) is 0 Å². The summed E-state index contributed by atoms with van der Waals surface area (Å²) in [5.74, 6) is 0.468. The van der Waals surface area contributed by atoms with Crippen molar-refractivity contribution in [1.29, 1.82) is 0 Å². The highest BCUT2D eigenvalue weighted by atomic mass is 32.2. The van der Waals surface area contributed by atoms with Gasteiger partial charge in [0.1, 0.15) is 0 Å². The fraction of sp³-hybridized carbons (Fsp3) is 0.333. The maximum atomic E-state index is 10.3. The van der Waals surface area contributed by atoms with Crippen LogP contribution in [0.15, 0.2) is 24.3 Å². The van der Waals surface area contributed by atoms with Gasteiger partial charge in [-0.3, -0.25) is 4.72 Å². The molecule has 1 aromatic carbocycles. The van der Waals surface area contributed by atoms with Crippen LogP contribution in [0.2, 0.25) is 0 Å². The average molecular weight is 199 g/mol. The minimum Gasteiger partial charge on any atom is -0.286 e. The molecule has 0 radical (unpaired) electrons. The van der Waals surface area contributed by atoms with Gasteiger partial charge in [0.25, 0.3) is 0 Å². The van der Waals surface area contributed by atoms with Crippen LogP contribution in [0, 0.1) is 0 Å². The molecule has 0 heterocycles. The molecule has 4 heteroatoms. The van der Waals surface area contributed by atoms with Gasteiger partial charge in [-0.25, -0.2) is 8.42 Å². The van der Waals surface area contributed by atoms with Crippen molar-refractivity contribution < 1.29 is 8.42 Å². The van der Waals surface area contributed by atoms with Gasteiger partial charge in [0.05, 0.1) is 0 Å². The molecular formula is C9H13NO2S. The second kappa shape index (κ2) is 4.28. The van der Waals surface area contributed by atoms with Gasteiger partial charge in [0.2, 0.25) is 10.9 Å². The molecule has 0 unspecified atom stereocenters. The standard InChI is InChI=1S/C9H13NO2S/c1-7(2)8-3-5-9(6-4-8)10-13(11)12/h3-7,13H,1-2H3,(H,10,11,12). The van der Waals surface area contributed by atoms with Crippen molar-refractivity contribution in [3.05, 3.63) is 29.8 Å². The third-order valence-electron chi connectivity index (χ3n) is 1.80. The maximum absolute atomic E-state index is 10.3. The van der Waals surface area contributed by atoms with Crippen molar-refractivity contribution >= 4 is 16.6 Å².